The van der Waals surface area contributed by atoms with Gasteiger partial charge < -0.3 is 19.7 Å². The SMILES string of the molecule is COc1ccc(-c2nc(NC(=O)CN3CCSC3=O)sc2-c2ccc(OC)cc2)cc1. The summed E-state index contributed by atoms with van der Waals surface area (Å²) in [6, 6.07) is 15.3. The number of aromatic nitrogens is 1. The Bertz CT molecular complexity index is 1020. The fraction of sp³-hybridized carbons (Fsp3) is 0.227. The first-order valence-electron chi connectivity index (χ1n) is 9.58. The normalized spacial score (nSPS) is 13.4. The zero-order valence-corrected chi connectivity index (χ0v) is 18.7. The monoisotopic (exact) mass is 455 g/mol. The lowest BCUT2D eigenvalue weighted by Crippen LogP contribution is -2.33. The van der Waals surface area contributed by atoms with Crippen LogP contribution in [-0.2, 0) is 4.79 Å². The molecule has 0 spiro atoms. The molecule has 1 fully saturated rings. The van der Waals surface area contributed by atoms with Crippen LogP contribution in [0.3, 0.4) is 0 Å². The summed E-state index contributed by atoms with van der Waals surface area (Å²) >= 11 is 2.63. The van der Waals surface area contributed by atoms with Crippen LogP contribution in [0.1, 0.15) is 0 Å². The molecule has 1 aliphatic rings. The highest BCUT2D eigenvalue weighted by molar-refractivity contribution is 8.13. The van der Waals surface area contributed by atoms with E-state index in [1.54, 1.807) is 19.1 Å². The molecule has 1 saturated heterocycles. The van der Waals surface area contributed by atoms with Crippen molar-refractivity contribution >= 4 is 39.4 Å². The molecule has 0 atom stereocenters. The Morgan fingerprint density at radius 2 is 1.65 bits per heavy atom. The van der Waals surface area contributed by atoms with Gasteiger partial charge in [-0.3, -0.25) is 9.59 Å². The Hall–Kier alpha value is -3.04. The van der Waals surface area contributed by atoms with E-state index in [0.29, 0.717) is 17.4 Å². The van der Waals surface area contributed by atoms with Gasteiger partial charge in [0.25, 0.3) is 5.24 Å². The van der Waals surface area contributed by atoms with Crippen LogP contribution in [0, 0.1) is 0 Å². The van der Waals surface area contributed by atoms with Crippen molar-refractivity contribution in [2.75, 3.05) is 38.4 Å². The number of anilines is 1. The molecule has 2 amide bonds. The van der Waals surface area contributed by atoms with Crippen molar-refractivity contribution in [1.82, 2.24) is 9.88 Å². The number of carbonyl (C=O) groups excluding carboxylic acids is 2. The average molecular weight is 456 g/mol. The van der Waals surface area contributed by atoms with Crippen LogP contribution in [0.25, 0.3) is 21.7 Å². The van der Waals surface area contributed by atoms with E-state index in [9.17, 15) is 9.59 Å². The number of hydrogen-bond acceptors (Lipinski definition) is 7. The summed E-state index contributed by atoms with van der Waals surface area (Å²) in [5, 5.41) is 3.27. The summed E-state index contributed by atoms with van der Waals surface area (Å²) in [4.78, 5) is 31.4. The molecule has 1 N–H and O–H groups in total. The van der Waals surface area contributed by atoms with Crippen molar-refractivity contribution in [2.24, 2.45) is 0 Å². The standard InChI is InChI=1S/C22H21N3O4S2/c1-28-16-7-3-14(4-8-16)19-20(15-5-9-17(29-2)10-6-15)31-21(24-19)23-18(26)13-25-11-12-30-22(25)27/h3-10H,11-13H2,1-2H3,(H,23,24,26). The van der Waals surface area contributed by atoms with Crippen molar-refractivity contribution < 1.29 is 19.1 Å². The van der Waals surface area contributed by atoms with Crippen molar-refractivity contribution in [3.05, 3.63) is 48.5 Å². The summed E-state index contributed by atoms with van der Waals surface area (Å²) < 4.78 is 10.5. The van der Waals surface area contributed by atoms with E-state index >= 15 is 0 Å². The molecule has 0 saturated carbocycles. The van der Waals surface area contributed by atoms with Gasteiger partial charge in [0.15, 0.2) is 5.13 Å². The topological polar surface area (TPSA) is 80.8 Å². The first-order valence-corrected chi connectivity index (χ1v) is 11.4. The quantitative estimate of drug-likeness (QED) is 0.561. The Morgan fingerprint density at radius 1 is 1.03 bits per heavy atom. The maximum Gasteiger partial charge on any atom is 0.282 e. The molecule has 0 bridgehead atoms. The van der Waals surface area contributed by atoms with Gasteiger partial charge in [-0.1, -0.05) is 23.1 Å². The lowest BCUT2D eigenvalue weighted by Gasteiger charge is -2.12. The summed E-state index contributed by atoms with van der Waals surface area (Å²) in [6.07, 6.45) is 0. The van der Waals surface area contributed by atoms with Crippen LogP contribution in [0.5, 0.6) is 11.5 Å². The lowest BCUT2D eigenvalue weighted by molar-refractivity contribution is -0.116. The maximum atomic E-state index is 12.5. The van der Waals surface area contributed by atoms with Crippen LogP contribution in [0.2, 0.25) is 0 Å². The largest absolute Gasteiger partial charge is 0.497 e. The Morgan fingerprint density at radius 3 is 2.19 bits per heavy atom. The predicted molar refractivity (Wildman–Crippen MR) is 124 cm³/mol. The number of methoxy groups -OCH3 is 2. The molecule has 9 heteroatoms. The zero-order valence-electron chi connectivity index (χ0n) is 17.1. The van der Waals surface area contributed by atoms with Gasteiger partial charge in [-0.25, -0.2) is 4.98 Å². The summed E-state index contributed by atoms with van der Waals surface area (Å²) in [5.74, 6) is 1.98. The summed E-state index contributed by atoms with van der Waals surface area (Å²) in [7, 11) is 3.25. The average Bonchev–Trinajstić information content (AvgIpc) is 3.40. The summed E-state index contributed by atoms with van der Waals surface area (Å²) in [6.45, 7) is 0.615. The highest BCUT2D eigenvalue weighted by Crippen LogP contribution is 2.40. The number of thiazole rings is 1. The van der Waals surface area contributed by atoms with Gasteiger partial charge in [-0.15, -0.1) is 0 Å². The fourth-order valence-corrected chi connectivity index (χ4v) is 4.99. The van der Waals surface area contributed by atoms with Crippen LogP contribution in [0.4, 0.5) is 9.93 Å². The minimum absolute atomic E-state index is 0.0289. The molecule has 1 aliphatic heterocycles. The molecule has 31 heavy (non-hydrogen) atoms. The second kappa shape index (κ2) is 9.40. The van der Waals surface area contributed by atoms with Crippen molar-refractivity contribution in [3.63, 3.8) is 0 Å². The van der Waals surface area contributed by atoms with Gasteiger partial charge in [0.05, 0.1) is 24.8 Å². The second-order valence-electron chi connectivity index (χ2n) is 6.74. The van der Waals surface area contributed by atoms with E-state index < -0.39 is 0 Å². The van der Waals surface area contributed by atoms with E-state index in [1.807, 2.05) is 48.5 Å². The van der Waals surface area contributed by atoms with Crippen LogP contribution >= 0.6 is 23.1 Å². The third-order valence-corrected chi connectivity index (χ3v) is 6.68. The van der Waals surface area contributed by atoms with Crippen molar-refractivity contribution in [2.45, 2.75) is 0 Å². The first-order chi connectivity index (χ1) is 15.1. The lowest BCUT2D eigenvalue weighted by atomic mass is 10.1. The number of ether oxygens (including phenoxy) is 2. The molecule has 0 aliphatic carbocycles. The van der Waals surface area contributed by atoms with Gasteiger partial charge in [-0.05, 0) is 54.1 Å². The maximum absolute atomic E-state index is 12.5. The highest BCUT2D eigenvalue weighted by Gasteiger charge is 2.24. The van der Waals surface area contributed by atoms with E-state index in [2.05, 4.69) is 5.32 Å². The van der Waals surface area contributed by atoms with Gasteiger partial charge in [-0.2, -0.15) is 0 Å². The Kier molecular flexibility index (Phi) is 6.43. The second-order valence-corrected chi connectivity index (χ2v) is 8.78. The minimum atomic E-state index is -0.257. The van der Waals surface area contributed by atoms with E-state index in [-0.39, 0.29) is 17.7 Å². The number of carbonyl (C=O) groups is 2. The van der Waals surface area contributed by atoms with E-state index in [0.717, 1.165) is 33.2 Å². The molecule has 1 aromatic heterocycles. The number of benzene rings is 2. The van der Waals surface area contributed by atoms with Crippen LogP contribution in [0.15, 0.2) is 48.5 Å². The smallest absolute Gasteiger partial charge is 0.282 e. The van der Waals surface area contributed by atoms with Gasteiger partial charge >= 0.3 is 0 Å². The molecule has 7 nitrogen and oxygen atoms in total. The van der Waals surface area contributed by atoms with Crippen molar-refractivity contribution in [3.8, 4) is 33.2 Å². The number of nitrogens with one attached hydrogen (secondary N) is 1. The predicted octanol–water partition coefficient (Wildman–Crippen LogP) is 4.60. The highest BCUT2D eigenvalue weighted by atomic mass is 32.2. The number of thioether (sulfide) groups is 1. The third-order valence-electron chi connectivity index (χ3n) is 4.77. The third kappa shape index (κ3) is 4.83. The zero-order chi connectivity index (χ0) is 21.8. The van der Waals surface area contributed by atoms with E-state index in [4.69, 9.17) is 14.5 Å². The molecule has 0 radical (unpaired) electrons. The van der Waals surface area contributed by atoms with Gasteiger partial charge in [0.1, 0.15) is 18.0 Å². The molecular weight excluding hydrogens is 434 g/mol. The Labute approximate surface area is 188 Å². The molecule has 3 aromatic rings. The minimum Gasteiger partial charge on any atom is -0.497 e. The number of amides is 2. The van der Waals surface area contributed by atoms with Crippen LogP contribution < -0.4 is 14.8 Å². The Balaban J connectivity index is 1.63. The molecule has 0 unspecified atom stereocenters. The molecule has 2 aromatic carbocycles. The van der Waals surface area contributed by atoms with Gasteiger partial charge in [0, 0.05) is 17.9 Å². The van der Waals surface area contributed by atoms with Crippen LogP contribution in [-0.4, -0.2) is 54.1 Å². The van der Waals surface area contributed by atoms with Gasteiger partial charge in [0.2, 0.25) is 5.91 Å². The molecular formula is C22H21N3O4S2. The molecule has 2 heterocycles. The molecule has 160 valence electrons. The first kappa shape index (κ1) is 21.2. The van der Waals surface area contributed by atoms with Crippen molar-refractivity contribution in [1.29, 1.82) is 0 Å². The molecule has 4 rings (SSSR count). The number of rotatable bonds is 7. The number of nitrogens with zero attached hydrogens (tertiary/aromatic N) is 2. The number of hydrogen-bond donors (Lipinski definition) is 1. The van der Waals surface area contributed by atoms with E-state index in [1.165, 1.54) is 23.1 Å². The summed E-state index contributed by atoms with van der Waals surface area (Å²) in [5.41, 5.74) is 2.64. The fourth-order valence-electron chi connectivity index (χ4n) is 3.16.